The summed E-state index contributed by atoms with van der Waals surface area (Å²) in [6, 6.07) is 0. The molecule has 7 aliphatic rings. The molecule has 6 nitrogen and oxygen atoms in total. The van der Waals surface area contributed by atoms with Gasteiger partial charge in [-0.2, -0.15) is 0 Å². The number of carbonyl (C=O) groups excluding carboxylic acids is 1. The van der Waals surface area contributed by atoms with Crippen LogP contribution in [0, 0.1) is 52.3 Å². The van der Waals surface area contributed by atoms with Gasteiger partial charge in [-0.1, -0.05) is 39.3 Å². The van der Waals surface area contributed by atoms with Crippen LogP contribution in [0.5, 0.6) is 0 Å². The lowest BCUT2D eigenvalue weighted by molar-refractivity contribution is -0.148. The monoisotopic (exact) mass is 654 g/mol. The molecule has 9 atom stereocenters. The highest BCUT2D eigenvalue weighted by atomic mass is 32.2. The molecule has 0 aromatic carbocycles. The Morgan fingerprint density at radius 3 is 2.43 bits per heavy atom. The smallest absolute Gasteiger partial charge is 0.309 e. The molecular weight excluding hydrogens is 593 g/mol. The maximum Gasteiger partial charge on any atom is 0.309 e. The molecule has 7 rings (SSSR count). The Balaban J connectivity index is 1.02. The first-order valence-corrected chi connectivity index (χ1v) is 21.0. The predicted octanol–water partition coefficient (Wildman–Crippen LogP) is 6.96. The van der Waals surface area contributed by atoms with E-state index in [4.69, 9.17) is 4.74 Å². The predicted molar refractivity (Wildman–Crippen MR) is 185 cm³/mol. The standard InChI is InChI=1S/C39H62N2O4S/c1-5-45-36(42)28-10-8-27(9-11-28)32-17-19-38(4)33-14-12-31-29(30(33)13-15-35(38)37(32,2)3)16-20-39(18-6-7-34(31)39)40-21-22-41-23-25-46(43,44)26-24-41/h8,17,28-31,33-35,40H,5-7,9-16,18-26H2,1-4H3/t28-,29?,30?,31?,33?,34?,35?,38+,39-/m0/s1. The van der Waals surface area contributed by atoms with Crippen molar-refractivity contribution in [1.82, 2.24) is 10.2 Å². The van der Waals surface area contributed by atoms with Crippen molar-refractivity contribution in [1.29, 1.82) is 0 Å². The van der Waals surface area contributed by atoms with E-state index in [0.29, 0.717) is 42.2 Å². The van der Waals surface area contributed by atoms with Crippen LogP contribution in [0.4, 0.5) is 0 Å². The molecule has 0 aromatic heterocycles. The van der Waals surface area contributed by atoms with Crippen LogP contribution < -0.4 is 5.32 Å². The highest BCUT2D eigenvalue weighted by Crippen LogP contribution is 2.68. The van der Waals surface area contributed by atoms with Gasteiger partial charge < -0.3 is 15.0 Å². The van der Waals surface area contributed by atoms with Crippen LogP contribution in [0.15, 0.2) is 23.3 Å². The SMILES string of the molecule is CCOC(=O)[C@H]1CC=C(C2=CC[C@]3(C)C4CCC5C(CC[C@@]6(NCCN7CCS(=O)(=O)CC7)CCCC56)C4CCC3C2(C)C)CC1. The van der Waals surface area contributed by atoms with Crippen molar-refractivity contribution in [3.63, 3.8) is 0 Å². The van der Waals surface area contributed by atoms with Gasteiger partial charge in [0.1, 0.15) is 0 Å². The molecule has 6 unspecified atom stereocenters. The number of nitrogens with one attached hydrogen (secondary N) is 1. The van der Waals surface area contributed by atoms with Gasteiger partial charge in [0.15, 0.2) is 9.84 Å². The van der Waals surface area contributed by atoms with E-state index < -0.39 is 9.84 Å². The minimum atomic E-state index is -2.81. The summed E-state index contributed by atoms with van der Waals surface area (Å²) in [5.74, 6) is 5.74. The third-order valence-corrected chi connectivity index (χ3v) is 16.8. The lowest BCUT2D eigenvalue weighted by Gasteiger charge is -2.64. The molecule has 258 valence electrons. The van der Waals surface area contributed by atoms with Gasteiger partial charge in [-0.3, -0.25) is 4.79 Å². The number of allylic oxidation sites excluding steroid dienone is 4. The van der Waals surface area contributed by atoms with E-state index in [2.05, 4.69) is 43.1 Å². The molecule has 0 bridgehead atoms. The van der Waals surface area contributed by atoms with Crippen LogP contribution >= 0.6 is 0 Å². The quantitative estimate of drug-likeness (QED) is 0.299. The summed E-state index contributed by atoms with van der Waals surface area (Å²) in [7, 11) is -2.81. The largest absolute Gasteiger partial charge is 0.466 e. The van der Waals surface area contributed by atoms with Gasteiger partial charge in [0.2, 0.25) is 0 Å². The summed E-state index contributed by atoms with van der Waals surface area (Å²) in [4.78, 5) is 14.7. The van der Waals surface area contributed by atoms with Gasteiger partial charge in [-0.25, -0.2) is 8.42 Å². The average molecular weight is 655 g/mol. The summed E-state index contributed by atoms with van der Waals surface area (Å²) in [5, 5.41) is 4.15. The second-order valence-electron chi connectivity index (χ2n) is 17.4. The number of carbonyl (C=O) groups is 1. The minimum Gasteiger partial charge on any atom is -0.466 e. The first-order valence-electron chi connectivity index (χ1n) is 19.2. The van der Waals surface area contributed by atoms with E-state index in [1.165, 1.54) is 69.8 Å². The Kier molecular flexibility index (Phi) is 9.14. The molecule has 0 aromatic rings. The van der Waals surface area contributed by atoms with Gasteiger partial charge in [-0.15, -0.1) is 0 Å². The van der Waals surface area contributed by atoms with Gasteiger partial charge >= 0.3 is 5.97 Å². The Hall–Kier alpha value is -1.18. The molecule has 4 saturated carbocycles. The molecule has 6 aliphatic carbocycles. The fourth-order valence-electron chi connectivity index (χ4n) is 13.1. The van der Waals surface area contributed by atoms with E-state index in [1.807, 2.05) is 6.92 Å². The number of hydrogen-bond donors (Lipinski definition) is 1. The normalized spacial score (nSPS) is 43.3. The lowest BCUT2D eigenvalue weighted by atomic mass is 9.41. The van der Waals surface area contributed by atoms with E-state index in [9.17, 15) is 13.2 Å². The summed E-state index contributed by atoms with van der Waals surface area (Å²) in [5.41, 5.74) is 3.99. The van der Waals surface area contributed by atoms with E-state index >= 15 is 0 Å². The zero-order chi connectivity index (χ0) is 32.3. The molecule has 7 heteroatoms. The maximum atomic E-state index is 12.4. The van der Waals surface area contributed by atoms with Crippen molar-refractivity contribution >= 4 is 15.8 Å². The van der Waals surface area contributed by atoms with Crippen molar-refractivity contribution in [2.75, 3.05) is 44.3 Å². The van der Waals surface area contributed by atoms with Crippen molar-refractivity contribution in [3.8, 4) is 0 Å². The Morgan fingerprint density at radius 2 is 1.70 bits per heavy atom. The van der Waals surface area contributed by atoms with E-state index in [0.717, 1.165) is 67.9 Å². The van der Waals surface area contributed by atoms with Crippen molar-refractivity contribution < 1.29 is 17.9 Å². The van der Waals surface area contributed by atoms with Crippen LogP contribution in [0.25, 0.3) is 0 Å². The molecule has 1 heterocycles. The van der Waals surface area contributed by atoms with Crippen LogP contribution in [0.3, 0.4) is 0 Å². The van der Waals surface area contributed by atoms with E-state index in [-0.39, 0.29) is 17.3 Å². The molecule has 5 fully saturated rings. The highest BCUT2D eigenvalue weighted by molar-refractivity contribution is 7.91. The molecule has 1 N–H and O–H groups in total. The van der Waals surface area contributed by atoms with Crippen molar-refractivity contribution in [3.05, 3.63) is 23.3 Å². The Bertz CT molecular complexity index is 1320. The third-order valence-electron chi connectivity index (χ3n) is 15.2. The fraction of sp³-hybridized carbons (Fsp3) is 0.872. The van der Waals surface area contributed by atoms with Gasteiger partial charge in [0.25, 0.3) is 0 Å². The fourth-order valence-corrected chi connectivity index (χ4v) is 14.4. The Morgan fingerprint density at radius 1 is 0.935 bits per heavy atom. The van der Waals surface area contributed by atoms with Crippen LogP contribution in [-0.4, -0.2) is 69.1 Å². The second kappa shape index (κ2) is 12.6. The summed E-state index contributed by atoms with van der Waals surface area (Å²) in [6.45, 7) is 13.6. The summed E-state index contributed by atoms with van der Waals surface area (Å²) < 4.78 is 29.1. The second-order valence-corrected chi connectivity index (χ2v) is 19.7. The number of hydrogen-bond acceptors (Lipinski definition) is 6. The lowest BCUT2D eigenvalue weighted by Crippen LogP contribution is -2.61. The maximum absolute atomic E-state index is 12.4. The number of sulfone groups is 1. The molecule has 0 amide bonds. The van der Waals surface area contributed by atoms with Gasteiger partial charge in [0.05, 0.1) is 24.0 Å². The molecule has 0 spiro atoms. The molecule has 0 radical (unpaired) electrons. The summed E-state index contributed by atoms with van der Waals surface area (Å²) >= 11 is 0. The zero-order valence-corrected chi connectivity index (χ0v) is 30.1. The number of rotatable bonds is 7. The van der Waals surface area contributed by atoms with Crippen LogP contribution in [0.2, 0.25) is 0 Å². The Labute approximate surface area is 279 Å². The van der Waals surface area contributed by atoms with E-state index in [1.54, 1.807) is 5.57 Å². The van der Waals surface area contributed by atoms with Gasteiger partial charge in [-0.05, 0) is 141 Å². The average Bonchev–Trinajstić information content (AvgIpc) is 3.46. The van der Waals surface area contributed by atoms with Crippen molar-refractivity contribution in [2.24, 2.45) is 52.3 Å². The first-order chi connectivity index (χ1) is 22.0. The number of nitrogens with zero attached hydrogens (tertiary/aromatic N) is 1. The number of esters is 1. The van der Waals surface area contributed by atoms with Crippen LogP contribution in [0.1, 0.15) is 111 Å². The number of ether oxygens (including phenoxy) is 1. The molecular formula is C39H62N2O4S. The molecule has 1 aliphatic heterocycles. The summed E-state index contributed by atoms with van der Waals surface area (Å²) in [6.07, 6.45) is 21.5. The first kappa shape index (κ1) is 33.3. The third kappa shape index (κ3) is 5.78. The highest BCUT2D eigenvalue weighted by Gasteiger charge is 2.61. The molecule has 1 saturated heterocycles. The molecule has 46 heavy (non-hydrogen) atoms. The van der Waals surface area contributed by atoms with Crippen molar-refractivity contribution in [2.45, 2.75) is 117 Å². The van der Waals surface area contributed by atoms with Gasteiger partial charge in [0, 0.05) is 31.7 Å². The minimum absolute atomic E-state index is 0.0125. The topological polar surface area (TPSA) is 75.7 Å². The van der Waals surface area contributed by atoms with Crippen LogP contribution in [-0.2, 0) is 19.4 Å². The number of fused-ring (bicyclic) bond motifs is 7. The zero-order valence-electron chi connectivity index (χ0n) is 29.3.